The van der Waals surface area contributed by atoms with Crippen LogP contribution in [0.1, 0.15) is 15.9 Å². The van der Waals surface area contributed by atoms with Gasteiger partial charge in [-0.1, -0.05) is 15.9 Å². The van der Waals surface area contributed by atoms with Crippen LogP contribution in [0.15, 0.2) is 70.4 Å². The molecule has 0 aliphatic rings. The first-order chi connectivity index (χ1) is 13.9. The van der Waals surface area contributed by atoms with Crippen molar-refractivity contribution in [3.8, 4) is 17.4 Å². The zero-order valence-electron chi connectivity index (χ0n) is 14.7. The maximum absolute atomic E-state index is 12.1. The predicted octanol–water partition coefficient (Wildman–Crippen LogP) is 4.01. The molecule has 1 amide bonds. The van der Waals surface area contributed by atoms with Gasteiger partial charge in [0.2, 0.25) is 5.88 Å². The molecule has 1 aromatic heterocycles. The van der Waals surface area contributed by atoms with Gasteiger partial charge >= 0.3 is 0 Å². The molecule has 2 aromatic carbocycles. The van der Waals surface area contributed by atoms with Crippen LogP contribution in [-0.4, -0.2) is 27.1 Å². The lowest BCUT2D eigenvalue weighted by Gasteiger charge is -2.05. The van der Waals surface area contributed by atoms with E-state index in [4.69, 9.17) is 4.74 Å². The summed E-state index contributed by atoms with van der Waals surface area (Å²) in [6.45, 7) is 0. The summed E-state index contributed by atoms with van der Waals surface area (Å²) < 4.78 is 6.17. The highest BCUT2D eigenvalue weighted by atomic mass is 79.9. The number of rotatable bonds is 6. The fourth-order valence-electron chi connectivity index (χ4n) is 2.20. The summed E-state index contributed by atoms with van der Waals surface area (Å²) in [5, 5.41) is 24.2. The number of phenols is 1. The summed E-state index contributed by atoms with van der Waals surface area (Å²) in [4.78, 5) is 26.0. The van der Waals surface area contributed by atoms with Crippen molar-refractivity contribution in [1.82, 2.24) is 10.4 Å². The number of benzene rings is 2. The van der Waals surface area contributed by atoms with Gasteiger partial charge in [-0.15, -0.1) is 0 Å². The largest absolute Gasteiger partial charge is 0.507 e. The van der Waals surface area contributed by atoms with Crippen molar-refractivity contribution in [1.29, 1.82) is 0 Å². The van der Waals surface area contributed by atoms with Crippen molar-refractivity contribution >= 4 is 33.7 Å². The highest BCUT2D eigenvalue weighted by molar-refractivity contribution is 9.10. The van der Waals surface area contributed by atoms with Gasteiger partial charge < -0.3 is 9.84 Å². The number of ether oxygens (including phenoxy) is 1. The Labute approximate surface area is 173 Å². The molecule has 1 heterocycles. The minimum atomic E-state index is -0.552. The number of phenolic OH excluding ortho intramolecular Hbond substituents is 1. The van der Waals surface area contributed by atoms with Crippen LogP contribution in [0.4, 0.5) is 5.69 Å². The molecule has 146 valence electrons. The molecule has 0 atom stereocenters. The van der Waals surface area contributed by atoms with E-state index in [2.05, 4.69) is 31.4 Å². The van der Waals surface area contributed by atoms with Crippen molar-refractivity contribution < 1.29 is 19.6 Å². The number of halogens is 1. The Morgan fingerprint density at radius 2 is 1.97 bits per heavy atom. The molecular weight excluding hydrogens is 444 g/mol. The van der Waals surface area contributed by atoms with Crippen LogP contribution < -0.4 is 10.2 Å². The fraction of sp³-hybridized carbons (Fsp3) is 0. The molecule has 0 saturated heterocycles. The molecule has 0 radical (unpaired) electrons. The van der Waals surface area contributed by atoms with Crippen molar-refractivity contribution in [2.45, 2.75) is 0 Å². The van der Waals surface area contributed by atoms with Gasteiger partial charge in [-0.2, -0.15) is 5.10 Å². The number of nitro groups is 1. The zero-order valence-corrected chi connectivity index (χ0v) is 16.2. The van der Waals surface area contributed by atoms with E-state index < -0.39 is 10.8 Å². The molecule has 10 heteroatoms. The van der Waals surface area contributed by atoms with Crippen LogP contribution in [0, 0.1) is 10.1 Å². The Morgan fingerprint density at radius 1 is 1.21 bits per heavy atom. The Hall–Kier alpha value is -3.79. The topological polar surface area (TPSA) is 127 Å². The van der Waals surface area contributed by atoms with E-state index in [-0.39, 0.29) is 22.9 Å². The first kappa shape index (κ1) is 20.0. The van der Waals surface area contributed by atoms with Crippen LogP contribution in [0.25, 0.3) is 0 Å². The lowest BCUT2D eigenvalue weighted by Crippen LogP contribution is -2.17. The number of aromatic hydroxyl groups is 1. The minimum absolute atomic E-state index is 0.0934. The first-order valence-electron chi connectivity index (χ1n) is 8.12. The van der Waals surface area contributed by atoms with Gasteiger partial charge in [0, 0.05) is 16.6 Å². The smallest absolute Gasteiger partial charge is 0.287 e. The average Bonchev–Trinajstić information content (AvgIpc) is 2.71. The van der Waals surface area contributed by atoms with Crippen molar-refractivity contribution in [3.05, 3.63) is 86.5 Å². The fourth-order valence-corrected chi connectivity index (χ4v) is 2.56. The lowest BCUT2D eigenvalue weighted by molar-refractivity contribution is -0.385. The molecule has 2 N–H and O–H groups in total. The number of carbonyl (C=O) groups excluding carboxylic acids is 1. The van der Waals surface area contributed by atoms with E-state index in [0.717, 1.165) is 6.20 Å². The molecule has 3 aromatic rings. The third kappa shape index (κ3) is 5.36. The number of hydrogen-bond acceptors (Lipinski definition) is 7. The highest BCUT2D eigenvalue weighted by Gasteiger charge is 2.10. The molecular formula is C19H13BrN4O5. The quantitative estimate of drug-likeness (QED) is 0.327. The first-order valence-corrected chi connectivity index (χ1v) is 8.92. The van der Waals surface area contributed by atoms with E-state index in [0.29, 0.717) is 15.8 Å². The van der Waals surface area contributed by atoms with Crippen LogP contribution >= 0.6 is 15.9 Å². The van der Waals surface area contributed by atoms with E-state index >= 15 is 0 Å². The normalized spacial score (nSPS) is 10.7. The SMILES string of the molecule is O=C(N/N=C\c1ccc(Oc2ccc([N+](=O)[O-])cn2)cc1)c1cc(Br)ccc1O. The van der Waals surface area contributed by atoms with Gasteiger partial charge in [-0.25, -0.2) is 10.4 Å². The molecule has 0 bridgehead atoms. The molecule has 9 nitrogen and oxygen atoms in total. The van der Waals surface area contributed by atoms with E-state index in [9.17, 15) is 20.0 Å². The number of hydrogen-bond donors (Lipinski definition) is 2. The molecule has 0 fully saturated rings. The monoisotopic (exact) mass is 456 g/mol. The number of aromatic nitrogens is 1. The Morgan fingerprint density at radius 3 is 2.62 bits per heavy atom. The molecule has 0 spiro atoms. The summed E-state index contributed by atoms with van der Waals surface area (Å²) in [6, 6.07) is 13.9. The summed E-state index contributed by atoms with van der Waals surface area (Å²) in [5.41, 5.74) is 3.00. The van der Waals surface area contributed by atoms with Crippen LogP contribution in [0.5, 0.6) is 17.4 Å². The van der Waals surface area contributed by atoms with Crippen LogP contribution in [0.3, 0.4) is 0 Å². The summed E-state index contributed by atoms with van der Waals surface area (Å²) >= 11 is 3.23. The van der Waals surface area contributed by atoms with Gasteiger partial charge in [-0.3, -0.25) is 14.9 Å². The Bertz CT molecular complexity index is 1070. The standard InChI is InChI=1S/C19H13BrN4O5/c20-13-3-7-17(25)16(9-13)19(26)23-22-10-12-1-5-15(6-2-12)29-18-8-4-14(11-21-18)24(27)28/h1-11,25H,(H,23,26)/b22-10-. The van der Waals surface area contributed by atoms with Gasteiger partial charge in [-0.05, 0) is 48.0 Å². The van der Waals surface area contributed by atoms with E-state index in [1.54, 1.807) is 30.3 Å². The third-order valence-electron chi connectivity index (χ3n) is 3.62. The molecule has 0 aliphatic carbocycles. The number of amides is 1. The lowest BCUT2D eigenvalue weighted by atomic mass is 10.2. The molecule has 0 unspecified atom stereocenters. The van der Waals surface area contributed by atoms with Gasteiger partial charge in [0.15, 0.2) is 0 Å². The number of pyridine rings is 1. The predicted molar refractivity (Wildman–Crippen MR) is 108 cm³/mol. The maximum Gasteiger partial charge on any atom is 0.287 e. The van der Waals surface area contributed by atoms with Crippen molar-refractivity contribution in [2.75, 3.05) is 0 Å². The second-order valence-electron chi connectivity index (χ2n) is 5.64. The van der Waals surface area contributed by atoms with Crippen LogP contribution in [0.2, 0.25) is 0 Å². The van der Waals surface area contributed by atoms with Crippen molar-refractivity contribution in [3.63, 3.8) is 0 Å². The summed E-state index contributed by atoms with van der Waals surface area (Å²) in [6.07, 6.45) is 2.54. The Balaban J connectivity index is 1.59. The number of carbonyl (C=O) groups is 1. The second-order valence-corrected chi connectivity index (χ2v) is 6.56. The Kier molecular flexibility index (Phi) is 6.15. The minimum Gasteiger partial charge on any atom is -0.507 e. The van der Waals surface area contributed by atoms with Gasteiger partial charge in [0.25, 0.3) is 11.6 Å². The molecule has 29 heavy (non-hydrogen) atoms. The number of hydrazone groups is 1. The molecule has 0 saturated carbocycles. The average molecular weight is 457 g/mol. The van der Waals surface area contributed by atoms with Crippen molar-refractivity contribution in [2.24, 2.45) is 5.10 Å². The number of nitrogens with one attached hydrogen (secondary N) is 1. The van der Waals surface area contributed by atoms with Gasteiger partial charge in [0.1, 0.15) is 17.7 Å². The summed E-state index contributed by atoms with van der Waals surface area (Å²) in [5.74, 6) is -0.00351. The number of nitrogens with zero attached hydrogens (tertiary/aromatic N) is 3. The second kappa shape index (κ2) is 8.93. The molecule has 0 aliphatic heterocycles. The van der Waals surface area contributed by atoms with E-state index in [1.165, 1.54) is 30.5 Å². The maximum atomic E-state index is 12.1. The molecule has 3 rings (SSSR count). The van der Waals surface area contributed by atoms with Gasteiger partial charge in [0.05, 0.1) is 16.7 Å². The third-order valence-corrected chi connectivity index (χ3v) is 4.11. The highest BCUT2D eigenvalue weighted by Crippen LogP contribution is 2.22. The zero-order chi connectivity index (χ0) is 20.8. The van der Waals surface area contributed by atoms with E-state index in [1.807, 2.05) is 0 Å². The van der Waals surface area contributed by atoms with Crippen LogP contribution in [-0.2, 0) is 0 Å². The summed E-state index contributed by atoms with van der Waals surface area (Å²) in [7, 11) is 0.